The maximum Gasteiger partial charge on any atom is 0.228 e. The first kappa shape index (κ1) is 18.3. The smallest absolute Gasteiger partial charge is 0.228 e. The summed E-state index contributed by atoms with van der Waals surface area (Å²) in [6, 6.07) is 6.18. The van der Waals surface area contributed by atoms with Gasteiger partial charge in [-0.2, -0.15) is 11.8 Å². The lowest BCUT2D eigenvalue weighted by atomic mass is 10.1. The molecule has 3 nitrogen and oxygen atoms in total. The molecular weight excluding hydrogens is 304 g/mol. The summed E-state index contributed by atoms with van der Waals surface area (Å²) in [4.78, 5) is 12.2. The highest BCUT2D eigenvalue weighted by Gasteiger charge is 2.22. The van der Waals surface area contributed by atoms with Gasteiger partial charge in [-0.3, -0.25) is 4.79 Å². The van der Waals surface area contributed by atoms with Crippen molar-refractivity contribution in [2.45, 2.75) is 38.2 Å². The van der Waals surface area contributed by atoms with E-state index < -0.39 is 0 Å². The van der Waals surface area contributed by atoms with Crippen LogP contribution in [0.4, 0.5) is 5.69 Å². The Morgan fingerprint density at radius 1 is 1.48 bits per heavy atom. The zero-order valence-corrected chi connectivity index (χ0v) is 14.6. The van der Waals surface area contributed by atoms with Gasteiger partial charge in [0.05, 0.1) is 5.92 Å². The third kappa shape index (κ3) is 5.20. The number of thioether (sulfide) groups is 1. The Morgan fingerprint density at radius 2 is 2.24 bits per heavy atom. The van der Waals surface area contributed by atoms with Gasteiger partial charge >= 0.3 is 0 Å². The van der Waals surface area contributed by atoms with E-state index in [4.69, 9.17) is 0 Å². The Hall–Kier alpha value is -0.710. The predicted octanol–water partition coefficient (Wildman–Crippen LogP) is 3.61. The Balaban J connectivity index is 0.00000220. The number of hydrogen-bond donors (Lipinski definition) is 2. The van der Waals surface area contributed by atoms with Gasteiger partial charge < -0.3 is 10.6 Å². The number of anilines is 1. The molecule has 5 heteroatoms. The Bertz CT molecular complexity index is 473. The molecule has 1 fully saturated rings. The summed E-state index contributed by atoms with van der Waals surface area (Å²) >= 11 is 1.93. The fourth-order valence-corrected chi connectivity index (χ4v) is 3.17. The highest BCUT2D eigenvalue weighted by molar-refractivity contribution is 7.99. The van der Waals surface area contributed by atoms with Crippen LogP contribution in [0.25, 0.3) is 0 Å². The van der Waals surface area contributed by atoms with Crippen LogP contribution in [0.2, 0.25) is 0 Å². The Morgan fingerprint density at radius 3 is 2.86 bits per heavy atom. The third-order valence-electron chi connectivity index (χ3n) is 3.71. The van der Waals surface area contributed by atoms with Gasteiger partial charge in [-0.1, -0.05) is 26.0 Å². The highest BCUT2D eigenvalue weighted by atomic mass is 35.5. The fourth-order valence-electron chi connectivity index (χ4n) is 2.34. The summed E-state index contributed by atoms with van der Waals surface area (Å²) in [6.45, 7) is 8.26. The van der Waals surface area contributed by atoms with E-state index in [0.29, 0.717) is 5.25 Å². The highest BCUT2D eigenvalue weighted by Crippen LogP contribution is 2.25. The molecule has 0 bridgehead atoms. The first-order valence-electron chi connectivity index (χ1n) is 7.29. The molecule has 1 heterocycles. The molecule has 0 saturated carbocycles. The molecule has 1 unspecified atom stereocenters. The molecule has 1 amide bonds. The molecule has 1 aromatic rings. The molecule has 2 N–H and O–H groups in total. The van der Waals surface area contributed by atoms with Crippen molar-refractivity contribution < 1.29 is 4.79 Å². The summed E-state index contributed by atoms with van der Waals surface area (Å²) in [6.07, 6.45) is 0.938. The molecule has 1 aromatic carbocycles. The fraction of sp³-hybridized carbons (Fsp3) is 0.562. The molecule has 118 valence electrons. The monoisotopic (exact) mass is 328 g/mol. The summed E-state index contributed by atoms with van der Waals surface area (Å²) < 4.78 is 0. The van der Waals surface area contributed by atoms with Crippen molar-refractivity contribution in [1.82, 2.24) is 5.32 Å². The molecular formula is C16H25ClN2OS. The van der Waals surface area contributed by atoms with Gasteiger partial charge in [0.2, 0.25) is 5.91 Å². The number of nitrogens with one attached hydrogen (secondary N) is 2. The number of rotatable bonds is 5. The van der Waals surface area contributed by atoms with Crippen LogP contribution in [0.3, 0.4) is 0 Å². The van der Waals surface area contributed by atoms with Crippen LogP contribution in [-0.2, 0) is 10.5 Å². The van der Waals surface area contributed by atoms with Gasteiger partial charge in [0.1, 0.15) is 0 Å². The second-order valence-electron chi connectivity index (χ2n) is 5.63. The van der Waals surface area contributed by atoms with E-state index in [-0.39, 0.29) is 24.2 Å². The molecule has 21 heavy (non-hydrogen) atoms. The molecule has 0 aromatic heterocycles. The Labute approximate surface area is 138 Å². The first-order valence-corrected chi connectivity index (χ1v) is 8.34. The van der Waals surface area contributed by atoms with Crippen molar-refractivity contribution >= 4 is 35.8 Å². The first-order chi connectivity index (χ1) is 9.58. The lowest BCUT2D eigenvalue weighted by molar-refractivity contribution is -0.119. The van der Waals surface area contributed by atoms with E-state index in [9.17, 15) is 4.79 Å². The number of halogens is 1. The predicted molar refractivity (Wildman–Crippen MR) is 94.5 cm³/mol. The number of carbonyl (C=O) groups is 1. The molecule has 0 radical (unpaired) electrons. The summed E-state index contributed by atoms with van der Waals surface area (Å²) in [5.41, 5.74) is 3.47. The molecule has 0 spiro atoms. The van der Waals surface area contributed by atoms with Gasteiger partial charge in [-0.25, -0.2) is 0 Å². The summed E-state index contributed by atoms with van der Waals surface area (Å²) in [7, 11) is 0. The van der Waals surface area contributed by atoms with Crippen molar-refractivity contribution in [3.63, 3.8) is 0 Å². The topological polar surface area (TPSA) is 41.1 Å². The quantitative estimate of drug-likeness (QED) is 0.867. The van der Waals surface area contributed by atoms with Crippen LogP contribution >= 0.6 is 24.2 Å². The van der Waals surface area contributed by atoms with E-state index in [1.165, 1.54) is 11.1 Å². The van der Waals surface area contributed by atoms with Crippen LogP contribution in [0.15, 0.2) is 18.2 Å². The minimum absolute atomic E-state index is 0. The standard InChI is InChI=1S/C16H24N2OS.ClH/c1-11(2)20-10-14-5-4-6-15(12(14)3)18-16(19)13-7-8-17-9-13;/h4-6,11,13,17H,7-10H2,1-3H3,(H,18,19);1H. The normalized spacial score (nSPS) is 17.6. The number of hydrogen-bond acceptors (Lipinski definition) is 3. The molecule has 1 saturated heterocycles. The lowest BCUT2D eigenvalue weighted by Gasteiger charge is -2.15. The van der Waals surface area contributed by atoms with Crippen molar-refractivity contribution in [1.29, 1.82) is 0 Å². The van der Waals surface area contributed by atoms with E-state index >= 15 is 0 Å². The molecule has 1 aliphatic rings. The van der Waals surface area contributed by atoms with E-state index in [2.05, 4.69) is 37.5 Å². The van der Waals surface area contributed by atoms with Crippen molar-refractivity contribution in [2.75, 3.05) is 18.4 Å². The van der Waals surface area contributed by atoms with Gasteiger partial charge in [0.15, 0.2) is 0 Å². The van der Waals surface area contributed by atoms with Crippen LogP contribution in [0.5, 0.6) is 0 Å². The summed E-state index contributed by atoms with van der Waals surface area (Å²) in [5.74, 6) is 1.26. The minimum atomic E-state index is 0. The van der Waals surface area contributed by atoms with Crippen molar-refractivity contribution in [3.05, 3.63) is 29.3 Å². The maximum absolute atomic E-state index is 12.2. The van der Waals surface area contributed by atoms with Gasteiger partial charge in [0.25, 0.3) is 0 Å². The van der Waals surface area contributed by atoms with Gasteiger partial charge in [-0.15, -0.1) is 12.4 Å². The van der Waals surface area contributed by atoms with Crippen LogP contribution in [0, 0.1) is 12.8 Å². The number of amides is 1. The molecule has 1 aliphatic heterocycles. The van der Waals surface area contributed by atoms with Gasteiger partial charge in [0, 0.05) is 18.0 Å². The maximum atomic E-state index is 12.2. The zero-order valence-electron chi connectivity index (χ0n) is 12.9. The third-order valence-corrected chi connectivity index (χ3v) is 4.85. The van der Waals surface area contributed by atoms with Crippen molar-refractivity contribution in [3.8, 4) is 0 Å². The Kier molecular flexibility index (Phi) is 7.57. The second-order valence-corrected chi connectivity index (χ2v) is 7.19. The number of carbonyl (C=O) groups excluding carboxylic acids is 1. The van der Waals surface area contributed by atoms with Crippen LogP contribution in [0.1, 0.15) is 31.4 Å². The van der Waals surface area contributed by atoms with E-state index in [1.807, 2.05) is 23.9 Å². The SMILES string of the molecule is Cc1c(CSC(C)C)cccc1NC(=O)C1CCNC1.Cl. The average molecular weight is 329 g/mol. The summed E-state index contributed by atoms with van der Waals surface area (Å²) in [5, 5.41) is 6.95. The van der Waals surface area contributed by atoms with Crippen LogP contribution in [-0.4, -0.2) is 24.2 Å². The van der Waals surface area contributed by atoms with E-state index in [1.54, 1.807) is 0 Å². The molecule has 1 atom stereocenters. The van der Waals surface area contributed by atoms with E-state index in [0.717, 1.165) is 31.0 Å². The largest absolute Gasteiger partial charge is 0.326 e. The molecule has 0 aliphatic carbocycles. The number of benzene rings is 1. The average Bonchev–Trinajstić information content (AvgIpc) is 2.93. The minimum Gasteiger partial charge on any atom is -0.326 e. The zero-order chi connectivity index (χ0) is 14.5. The molecule has 2 rings (SSSR count). The van der Waals surface area contributed by atoms with Gasteiger partial charge in [-0.05, 0) is 42.3 Å². The second kappa shape index (κ2) is 8.66. The van der Waals surface area contributed by atoms with Crippen LogP contribution < -0.4 is 10.6 Å². The lowest BCUT2D eigenvalue weighted by Crippen LogP contribution is -2.25. The van der Waals surface area contributed by atoms with Crippen molar-refractivity contribution in [2.24, 2.45) is 5.92 Å².